The number of benzene rings is 1. The minimum atomic E-state index is -0.408. The summed E-state index contributed by atoms with van der Waals surface area (Å²) in [6.07, 6.45) is 2.08. The van der Waals surface area contributed by atoms with Gasteiger partial charge in [-0.1, -0.05) is 37.3 Å². The molecule has 1 amide bonds. The summed E-state index contributed by atoms with van der Waals surface area (Å²) < 4.78 is 6.19. The molecule has 5 nitrogen and oxygen atoms in total. The van der Waals surface area contributed by atoms with E-state index in [0.29, 0.717) is 12.0 Å². The molecule has 1 aliphatic heterocycles. The molecular weight excluding hydrogens is 394 g/mol. The Hall–Kier alpha value is -2.08. The molecule has 0 saturated heterocycles. The Morgan fingerprint density at radius 3 is 2.77 bits per heavy atom. The van der Waals surface area contributed by atoms with Crippen LogP contribution >= 0.6 is 15.9 Å². The number of carbonyl (C=O) groups excluding carboxylic acids is 1. The van der Waals surface area contributed by atoms with Crippen molar-refractivity contribution < 1.29 is 9.53 Å². The molecule has 1 aromatic heterocycles. The minimum absolute atomic E-state index is 0.169. The van der Waals surface area contributed by atoms with Crippen molar-refractivity contribution in [3.8, 4) is 0 Å². The number of anilines is 1. The Labute approximate surface area is 161 Å². The smallest absolute Gasteiger partial charge is 0.408 e. The summed E-state index contributed by atoms with van der Waals surface area (Å²) in [5.74, 6) is 0.910. The number of carbonyl (C=O) groups is 1. The van der Waals surface area contributed by atoms with Crippen LogP contribution in [0, 0.1) is 11.8 Å². The predicted molar refractivity (Wildman–Crippen MR) is 104 cm³/mol. The third kappa shape index (κ3) is 3.70. The molecule has 2 aromatic rings. The maximum absolute atomic E-state index is 12.4. The number of hydrogen-bond donors (Lipinski definition) is 2. The average Bonchev–Trinajstić information content (AvgIpc) is 3.48. The number of alkyl carbamates (subject to hydrolysis) is 1. The molecule has 4 rings (SSSR count). The molecular formula is C20H22BrN3O2. The molecule has 1 aromatic carbocycles. The van der Waals surface area contributed by atoms with Gasteiger partial charge in [0.2, 0.25) is 0 Å². The van der Waals surface area contributed by atoms with E-state index in [1.54, 1.807) is 0 Å². The maximum Gasteiger partial charge on any atom is 0.408 e. The lowest BCUT2D eigenvalue weighted by Crippen LogP contribution is -2.45. The number of pyridine rings is 1. The first kappa shape index (κ1) is 17.3. The summed E-state index contributed by atoms with van der Waals surface area (Å²) in [7, 11) is 0. The molecule has 1 fully saturated rings. The highest BCUT2D eigenvalue weighted by Crippen LogP contribution is 2.45. The zero-order valence-electron chi connectivity index (χ0n) is 14.6. The van der Waals surface area contributed by atoms with E-state index in [1.807, 2.05) is 42.5 Å². The first-order valence-corrected chi connectivity index (χ1v) is 9.81. The molecule has 2 heterocycles. The van der Waals surface area contributed by atoms with Gasteiger partial charge in [-0.3, -0.25) is 0 Å². The third-order valence-electron chi connectivity index (χ3n) is 5.22. The van der Waals surface area contributed by atoms with Gasteiger partial charge in [0.05, 0.1) is 17.4 Å². The van der Waals surface area contributed by atoms with E-state index in [0.717, 1.165) is 21.5 Å². The molecule has 0 bridgehead atoms. The van der Waals surface area contributed by atoms with Crippen LogP contribution < -0.4 is 10.6 Å². The van der Waals surface area contributed by atoms with Crippen LogP contribution in [0.4, 0.5) is 10.5 Å². The number of nitrogens with zero attached hydrogens (tertiary/aromatic N) is 1. The van der Waals surface area contributed by atoms with Gasteiger partial charge in [-0.25, -0.2) is 9.78 Å². The second-order valence-electron chi connectivity index (χ2n) is 7.12. The van der Waals surface area contributed by atoms with Gasteiger partial charge < -0.3 is 15.4 Å². The molecule has 1 aliphatic carbocycles. The van der Waals surface area contributed by atoms with Gasteiger partial charge >= 0.3 is 6.09 Å². The topological polar surface area (TPSA) is 63.2 Å². The molecule has 6 heteroatoms. The van der Waals surface area contributed by atoms with Crippen molar-refractivity contribution in [1.82, 2.24) is 10.3 Å². The lowest BCUT2D eigenvalue weighted by atomic mass is 9.84. The van der Waals surface area contributed by atoms with E-state index in [2.05, 4.69) is 38.5 Å². The number of nitrogens with one attached hydrogen (secondary N) is 2. The quantitative estimate of drug-likeness (QED) is 0.713. The van der Waals surface area contributed by atoms with E-state index in [1.165, 1.54) is 12.8 Å². The maximum atomic E-state index is 12.4. The van der Waals surface area contributed by atoms with Gasteiger partial charge in [0.1, 0.15) is 11.2 Å². The van der Waals surface area contributed by atoms with Crippen molar-refractivity contribution in [2.45, 2.75) is 38.5 Å². The first-order valence-electron chi connectivity index (χ1n) is 9.02. The minimum Gasteiger partial charge on any atom is -0.445 e. The fourth-order valence-corrected chi connectivity index (χ4v) is 3.99. The van der Waals surface area contributed by atoms with Crippen LogP contribution in [-0.2, 0) is 11.3 Å². The highest BCUT2D eigenvalue weighted by molar-refractivity contribution is 9.10. The van der Waals surface area contributed by atoms with Crippen molar-refractivity contribution in [3.05, 3.63) is 58.3 Å². The molecule has 0 radical (unpaired) electrons. The van der Waals surface area contributed by atoms with Gasteiger partial charge in [0.15, 0.2) is 0 Å². The monoisotopic (exact) mass is 415 g/mol. The van der Waals surface area contributed by atoms with Crippen LogP contribution in [-0.4, -0.2) is 17.1 Å². The largest absolute Gasteiger partial charge is 0.445 e. The standard InChI is InChI=1S/C20H22BrN3O2/c1-12-17(14-7-8-14)22-15-9-10-16(21)23-19(15)18(12)24-20(25)26-11-13-5-3-2-4-6-13/h2-6,9-10,12,14,17-18,22H,7-8,11H2,1H3,(H,24,25)/t12-,17?,18+/m0/s1. The molecule has 1 unspecified atom stereocenters. The zero-order chi connectivity index (χ0) is 18.1. The fraction of sp³-hybridized carbons (Fsp3) is 0.400. The highest BCUT2D eigenvalue weighted by atomic mass is 79.9. The second-order valence-corrected chi connectivity index (χ2v) is 7.93. The number of hydrogen-bond acceptors (Lipinski definition) is 4. The van der Waals surface area contributed by atoms with Gasteiger partial charge in [0, 0.05) is 12.0 Å². The van der Waals surface area contributed by atoms with E-state index in [4.69, 9.17) is 4.74 Å². The van der Waals surface area contributed by atoms with E-state index in [-0.39, 0.29) is 18.6 Å². The third-order valence-corrected chi connectivity index (χ3v) is 5.66. The molecule has 1 saturated carbocycles. The number of aromatic nitrogens is 1. The lowest BCUT2D eigenvalue weighted by molar-refractivity contribution is 0.129. The van der Waals surface area contributed by atoms with Crippen LogP contribution in [0.3, 0.4) is 0 Å². The van der Waals surface area contributed by atoms with Gasteiger partial charge in [-0.15, -0.1) is 0 Å². The van der Waals surface area contributed by atoms with Gasteiger partial charge in [0.25, 0.3) is 0 Å². The molecule has 2 N–H and O–H groups in total. The summed E-state index contributed by atoms with van der Waals surface area (Å²) in [5, 5.41) is 6.67. The van der Waals surface area contributed by atoms with Gasteiger partial charge in [-0.2, -0.15) is 0 Å². The molecule has 136 valence electrons. The summed E-state index contributed by atoms with van der Waals surface area (Å²) in [5.41, 5.74) is 2.83. The molecule has 3 atom stereocenters. The van der Waals surface area contributed by atoms with Crippen molar-refractivity contribution >= 4 is 27.7 Å². The summed E-state index contributed by atoms with van der Waals surface area (Å²) in [4.78, 5) is 17.0. The zero-order valence-corrected chi connectivity index (χ0v) is 16.2. The fourth-order valence-electron chi connectivity index (χ4n) is 3.67. The van der Waals surface area contributed by atoms with E-state index in [9.17, 15) is 4.79 Å². The Morgan fingerprint density at radius 1 is 1.27 bits per heavy atom. The number of rotatable bonds is 4. The molecule has 0 spiro atoms. The summed E-state index contributed by atoms with van der Waals surface area (Å²) in [6.45, 7) is 2.43. The van der Waals surface area contributed by atoms with Crippen molar-refractivity contribution in [3.63, 3.8) is 0 Å². The SMILES string of the molecule is C[C@H]1C(C2CC2)Nc2ccc(Br)nc2[C@@H]1NC(=O)OCc1ccccc1. The number of ether oxygens (including phenoxy) is 1. The van der Waals surface area contributed by atoms with Crippen molar-refractivity contribution in [2.75, 3.05) is 5.32 Å². The molecule has 2 aliphatic rings. The van der Waals surface area contributed by atoms with Crippen LogP contribution in [0.1, 0.15) is 37.1 Å². The number of fused-ring (bicyclic) bond motifs is 1. The summed E-state index contributed by atoms with van der Waals surface area (Å²) in [6, 6.07) is 13.8. The van der Waals surface area contributed by atoms with Crippen LogP contribution in [0.5, 0.6) is 0 Å². The van der Waals surface area contributed by atoms with Gasteiger partial charge in [-0.05, 0) is 52.4 Å². The Morgan fingerprint density at radius 2 is 2.04 bits per heavy atom. The normalized spacial score (nSPS) is 24.3. The first-order chi connectivity index (χ1) is 12.6. The van der Waals surface area contributed by atoms with Crippen LogP contribution in [0.2, 0.25) is 0 Å². The van der Waals surface area contributed by atoms with Crippen molar-refractivity contribution in [1.29, 1.82) is 0 Å². The Bertz CT molecular complexity index is 795. The van der Waals surface area contributed by atoms with Crippen LogP contribution in [0.25, 0.3) is 0 Å². The molecule has 26 heavy (non-hydrogen) atoms. The van der Waals surface area contributed by atoms with E-state index < -0.39 is 6.09 Å². The van der Waals surface area contributed by atoms with Crippen LogP contribution in [0.15, 0.2) is 47.1 Å². The lowest BCUT2D eigenvalue weighted by Gasteiger charge is -2.38. The predicted octanol–water partition coefficient (Wildman–Crippen LogP) is 4.65. The summed E-state index contributed by atoms with van der Waals surface area (Å²) >= 11 is 3.44. The Balaban J connectivity index is 1.50. The van der Waals surface area contributed by atoms with E-state index >= 15 is 0 Å². The average molecular weight is 416 g/mol. The Kier molecular flexibility index (Phi) is 4.85. The second kappa shape index (κ2) is 7.27. The highest BCUT2D eigenvalue weighted by Gasteiger charge is 2.43. The number of halogens is 1. The number of amides is 1. The van der Waals surface area contributed by atoms with Crippen molar-refractivity contribution in [2.24, 2.45) is 11.8 Å².